The van der Waals surface area contributed by atoms with E-state index in [1.165, 1.54) is 12.4 Å². The zero-order valence-electron chi connectivity index (χ0n) is 9.24. The van der Waals surface area contributed by atoms with Gasteiger partial charge in [-0.2, -0.15) is 0 Å². The van der Waals surface area contributed by atoms with Crippen LogP contribution in [0, 0.1) is 5.41 Å². The van der Waals surface area contributed by atoms with Gasteiger partial charge in [-0.05, 0) is 20.3 Å². The fraction of sp³-hybridized carbons (Fsp3) is 0.500. The summed E-state index contributed by atoms with van der Waals surface area (Å²) < 4.78 is 5.60. The number of amidine groups is 1. The molecule has 0 aliphatic heterocycles. The van der Waals surface area contributed by atoms with Gasteiger partial charge in [0.2, 0.25) is 5.88 Å². The van der Waals surface area contributed by atoms with Crippen molar-refractivity contribution in [3.8, 4) is 5.88 Å². The van der Waals surface area contributed by atoms with Gasteiger partial charge in [-0.15, -0.1) is 0 Å². The summed E-state index contributed by atoms with van der Waals surface area (Å²) in [6, 6.07) is 0. The third kappa shape index (κ3) is 3.19. The predicted octanol–water partition coefficient (Wildman–Crippen LogP) is 1.33. The van der Waals surface area contributed by atoms with Crippen LogP contribution in [-0.2, 0) is 0 Å². The van der Waals surface area contributed by atoms with Crippen LogP contribution in [-0.4, -0.2) is 21.4 Å². The maximum absolute atomic E-state index is 7.16. The number of nitrogens with two attached hydrogens (primary N) is 1. The SMILES string of the molecule is CCC(C)(C)Oc1cnc(C(=N)N)cn1. The molecule has 0 atom stereocenters. The molecule has 0 saturated carbocycles. The van der Waals surface area contributed by atoms with Gasteiger partial charge in [-0.3, -0.25) is 5.41 Å². The Bertz CT molecular complexity index is 345. The zero-order valence-corrected chi connectivity index (χ0v) is 9.24. The lowest BCUT2D eigenvalue weighted by Crippen LogP contribution is -2.27. The van der Waals surface area contributed by atoms with Crippen LogP contribution in [0.25, 0.3) is 0 Å². The number of rotatable bonds is 4. The monoisotopic (exact) mass is 208 g/mol. The first-order chi connectivity index (χ1) is 6.94. The maximum atomic E-state index is 7.16. The maximum Gasteiger partial charge on any atom is 0.232 e. The highest BCUT2D eigenvalue weighted by molar-refractivity contribution is 5.92. The van der Waals surface area contributed by atoms with Gasteiger partial charge < -0.3 is 10.5 Å². The van der Waals surface area contributed by atoms with Crippen LogP contribution >= 0.6 is 0 Å². The van der Waals surface area contributed by atoms with E-state index in [9.17, 15) is 0 Å². The summed E-state index contributed by atoms with van der Waals surface area (Å²) in [7, 11) is 0. The summed E-state index contributed by atoms with van der Waals surface area (Å²) in [5.74, 6) is 0.357. The minimum Gasteiger partial charge on any atom is -0.471 e. The molecule has 0 spiro atoms. The topological polar surface area (TPSA) is 84.9 Å². The molecule has 5 heteroatoms. The minimum absolute atomic E-state index is 0.0937. The third-order valence-electron chi connectivity index (χ3n) is 2.14. The van der Waals surface area contributed by atoms with E-state index in [0.29, 0.717) is 11.6 Å². The fourth-order valence-corrected chi connectivity index (χ4v) is 0.863. The van der Waals surface area contributed by atoms with Gasteiger partial charge in [-0.1, -0.05) is 6.92 Å². The second-order valence-electron chi connectivity index (χ2n) is 3.87. The van der Waals surface area contributed by atoms with E-state index in [4.69, 9.17) is 15.9 Å². The average molecular weight is 208 g/mol. The van der Waals surface area contributed by atoms with Crippen molar-refractivity contribution in [3.63, 3.8) is 0 Å². The van der Waals surface area contributed by atoms with Gasteiger partial charge in [0, 0.05) is 0 Å². The molecule has 0 aliphatic carbocycles. The molecule has 82 valence electrons. The van der Waals surface area contributed by atoms with Crippen molar-refractivity contribution < 1.29 is 4.74 Å². The number of nitrogens with zero attached hydrogens (tertiary/aromatic N) is 2. The van der Waals surface area contributed by atoms with Crippen LogP contribution in [0.5, 0.6) is 5.88 Å². The summed E-state index contributed by atoms with van der Waals surface area (Å²) in [5.41, 5.74) is 5.36. The summed E-state index contributed by atoms with van der Waals surface area (Å²) >= 11 is 0. The Balaban J connectivity index is 2.77. The molecule has 0 aliphatic rings. The van der Waals surface area contributed by atoms with Crippen LogP contribution in [0.3, 0.4) is 0 Å². The highest BCUT2D eigenvalue weighted by Gasteiger charge is 2.17. The second-order valence-corrected chi connectivity index (χ2v) is 3.87. The summed E-state index contributed by atoms with van der Waals surface area (Å²) in [4.78, 5) is 7.99. The van der Waals surface area contributed by atoms with Gasteiger partial charge in [0.25, 0.3) is 0 Å². The zero-order chi connectivity index (χ0) is 11.5. The molecule has 1 aromatic heterocycles. The smallest absolute Gasteiger partial charge is 0.232 e. The molecule has 0 unspecified atom stereocenters. The standard InChI is InChI=1S/C10H16N4O/c1-4-10(2,3)15-8-6-13-7(5-14-8)9(11)12/h5-6H,4H2,1-3H3,(H3,11,12). The van der Waals surface area contributed by atoms with Crippen LogP contribution in [0.4, 0.5) is 0 Å². The minimum atomic E-state index is -0.258. The number of nitrogen functional groups attached to an aromatic ring is 1. The molecule has 15 heavy (non-hydrogen) atoms. The second kappa shape index (κ2) is 4.25. The van der Waals surface area contributed by atoms with Crippen molar-refractivity contribution in [1.29, 1.82) is 5.41 Å². The molecule has 5 nitrogen and oxygen atoms in total. The van der Waals surface area contributed by atoms with Gasteiger partial charge in [0.1, 0.15) is 17.1 Å². The van der Waals surface area contributed by atoms with Gasteiger partial charge in [0.15, 0.2) is 0 Å². The van der Waals surface area contributed by atoms with E-state index in [0.717, 1.165) is 6.42 Å². The van der Waals surface area contributed by atoms with Crippen molar-refractivity contribution in [1.82, 2.24) is 9.97 Å². The van der Waals surface area contributed by atoms with E-state index < -0.39 is 0 Å². The highest BCUT2D eigenvalue weighted by atomic mass is 16.5. The van der Waals surface area contributed by atoms with E-state index in [-0.39, 0.29) is 11.4 Å². The molecule has 0 amide bonds. The van der Waals surface area contributed by atoms with Crippen molar-refractivity contribution in [2.45, 2.75) is 32.8 Å². The van der Waals surface area contributed by atoms with Gasteiger partial charge in [-0.25, -0.2) is 9.97 Å². The molecule has 0 saturated heterocycles. The number of ether oxygens (including phenoxy) is 1. The van der Waals surface area contributed by atoms with Crippen LogP contribution in [0.15, 0.2) is 12.4 Å². The molecule has 1 heterocycles. The lowest BCUT2D eigenvalue weighted by atomic mass is 10.1. The third-order valence-corrected chi connectivity index (χ3v) is 2.14. The Kier molecular flexibility index (Phi) is 3.24. The fourth-order valence-electron chi connectivity index (χ4n) is 0.863. The quantitative estimate of drug-likeness (QED) is 0.577. The van der Waals surface area contributed by atoms with Crippen molar-refractivity contribution in [3.05, 3.63) is 18.1 Å². The van der Waals surface area contributed by atoms with Gasteiger partial charge >= 0.3 is 0 Å². The predicted molar refractivity (Wildman–Crippen MR) is 58.0 cm³/mol. The number of nitrogens with one attached hydrogen (secondary N) is 1. The molecule has 1 rings (SSSR count). The largest absolute Gasteiger partial charge is 0.471 e. The van der Waals surface area contributed by atoms with Crippen molar-refractivity contribution in [2.24, 2.45) is 5.73 Å². The number of hydrogen-bond acceptors (Lipinski definition) is 4. The Morgan fingerprint density at radius 3 is 2.53 bits per heavy atom. The normalized spacial score (nSPS) is 11.1. The van der Waals surface area contributed by atoms with E-state index in [1.54, 1.807) is 0 Å². The van der Waals surface area contributed by atoms with E-state index in [1.807, 2.05) is 20.8 Å². The van der Waals surface area contributed by atoms with Crippen molar-refractivity contribution >= 4 is 5.84 Å². The first kappa shape index (κ1) is 11.4. The number of aromatic nitrogens is 2. The van der Waals surface area contributed by atoms with Crippen LogP contribution < -0.4 is 10.5 Å². The first-order valence-corrected chi connectivity index (χ1v) is 4.80. The lowest BCUT2D eigenvalue weighted by Gasteiger charge is -2.23. The Morgan fingerprint density at radius 1 is 1.47 bits per heavy atom. The van der Waals surface area contributed by atoms with Crippen LogP contribution in [0.1, 0.15) is 32.9 Å². The molecule has 0 radical (unpaired) electrons. The molecule has 0 bridgehead atoms. The Labute approximate surface area is 89.2 Å². The molecule has 0 aromatic carbocycles. The summed E-state index contributed by atoms with van der Waals surface area (Å²) in [5, 5.41) is 7.16. The highest BCUT2D eigenvalue weighted by Crippen LogP contribution is 2.17. The molecular formula is C10H16N4O. The molecular weight excluding hydrogens is 192 g/mol. The first-order valence-electron chi connectivity index (χ1n) is 4.80. The lowest BCUT2D eigenvalue weighted by molar-refractivity contribution is 0.0984. The van der Waals surface area contributed by atoms with E-state index in [2.05, 4.69) is 9.97 Å². The Hall–Kier alpha value is -1.65. The van der Waals surface area contributed by atoms with Crippen molar-refractivity contribution in [2.75, 3.05) is 0 Å². The molecule has 0 fully saturated rings. The summed E-state index contributed by atoms with van der Waals surface area (Å²) in [6.45, 7) is 6.00. The molecule has 3 N–H and O–H groups in total. The van der Waals surface area contributed by atoms with Gasteiger partial charge in [0.05, 0.1) is 12.4 Å². The van der Waals surface area contributed by atoms with E-state index >= 15 is 0 Å². The molecule has 1 aromatic rings. The average Bonchev–Trinajstić information content (AvgIpc) is 2.18. The number of hydrogen-bond donors (Lipinski definition) is 2. The van der Waals surface area contributed by atoms with Crippen LogP contribution in [0.2, 0.25) is 0 Å². The Morgan fingerprint density at radius 2 is 2.13 bits per heavy atom. The summed E-state index contributed by atoms with van der Waals surface area (Å²) in [6.07, 6.45) is 3.79.